The van der Waals surface area contributed by atoms with Gasteiger partial charge in [0.05, 0.1) is 12.2 Å². The summed E-state index contributed by atoms with van der Waals surface area (Å²) in [4.78, 5) is 0. The van der Waals surface area contributed by atoms with Crippen molar-refractivity contribution >= 4 is 0 Å². The van der Waals surface area contributed by atoms with Gasteiger partial charge in [-0.1, -0.05) is 43.7 Å². The van der Waals surface area contributed by atoms with Crippen molar-refractivity contribution in [2.24, 2.45) is 17.6 Å². The molecule has 0 bridgehead atoms. The van der Waals surface area contributed by atoms with E-state index in [4.69, 9.17) is 10.5 Å². The molecule has 0 aromatic heterocycles. The minimum Gasteiger partial charge on any atom is -0.489 e. The van der Waals surface area contributed by atoms with E-state index in [1.54, 1.807) is 0 Å². The molecule has 1 aliphatic heterocycles. The molecule has 0 saturated heterocycles. The second-order valence-electron chi connectivity index (χ2n) is 8.48. The van der Waals surface area contributed by atoms with E-state index in [2.05, 4.69) is 30.0 Å². The molecule has 158 valence electrons. The Bertz CT molecular complexity index is 763. The maximum absolute atomic E-state index is 10.6. The summed E-state index contributed by atoms with van der Waals surface area (Å²) in [5.41, 5.74) is 8.07. The number of ether oxygens (including phenoxy) is 1. The highest BCUT2D eigenvalue weighted by Crippen LogP contribution is 2.52. The molecule has 0 spiro atoms. The summed E-state index contributed by atoms with van der Waals surface area (Å²) in [5, 5.41) is 21.1. The average Bonchev–Trinajstić information content (AvgIpc) is 3.22. The molecule has 0 radical (unpaired) electrons. The first-order chi connectivity index (χ1) is 14.1. The minimum atomic E-state index is -0.558. The van der Waals surface area contributed by atoms with Gasteiger partial charge in [-0.2, -0.15) is 0 Å². The predicted octanol–water partition coefficient (Wildman–Crippen LogP) is 3.55. The van der Waals surface area contributed by atoms with Gasteiger partial charge in [-0.25, -0.2) is 0 Å². The fourth-order valence-corrected chi connectivity index (χ4v) is 4.62. The Morgan fingerprint density at radius 2 is 2.14 bits per heavy atom. The van der Waals surface area contributed by atoms with Gasteiger partial charge in [0.2, 0.25) is 0 Å². The number of fused-ring (bicyclic) bond motifs is 3. The van der Waals surface area contributed by atoms with Crippen molar-refractivity contribution in [2.45, 2.75) is 76.6 Å². The molecular formula is C25H35NO3. The maximum Gasteiger partial charge on any atom is 0.126 e. The lowest BCUT2D eigenvalue weighted by atomic mass is 9.86. The number of nitrogens with two attached hydrogens (primary N) is 1. The van der Waals surface area contributed by atoms with Crippen molar-refractivity contribution in [3.8, 4) is 17.6 Å². The van der Waals surface area contributed by atoms with Crippen LogP contribution in [-0.4, -0.2) is 35.1 Å². The predicted molar refractivity (Wildman–Crippen MR) is 117 cm³/mol. The van der Waals surface area contributed by atoms with Crippen LogP contribution in [0, 0.1) is 23.7 Å². The van der Waals surface area contributed by atoms with Crippen molar-refractivity contribution in [1.82, 2.24) is 0 Å². The number of rotatable bonds is 9. The molecular weight excluding hydrogens is 362 g/mol. The van der Waals surface area contributed by atoms with E-state index in [1.165, 1.54) is 11.1 Å². The standard InChI is InChI=1S/C25H35NO3/c1-3-4-9-17(2)21(27)14-13-19-22(28)16-23-24(19)20-12-8-11-18(25(20)29-23)10-6-5-7-15-26/h8,11-14,17,19,21-24,27-28H,5-7,9-10,15-16,26H2,1-2H3/t17-,19-,21+,22+,23-,24-/m0/s1. The molecule has 29 heavy (non-hydrogen) atoms. The Kier molecular flexibility index (Phi) is 7.77. The first-order valence-electron chi connectivity index (χ1n) is 11.0. The maximum atomic E-state index is 10.6. The Labute approximate surface area is 175 Å². The van der Waals surface area contributed by atoms with Gasteiger partial charge in [-0.3, -0.25) is 0 Å². The molecule has 1 aromatic carbocycles. The first kappa shape index (κ1) is 21.9. The highest BCUT2D eigenvalue weighted by atomic mass is 16.5. The second kappa shape index (κ2) is 10.3. The van der Waals surface area contributed by atoms with Crippen LogP contribution in [0.25, 0.3) is 0 Å². The Morgan fingerprint density at radius 1 is 1.31 bits per heavy atom. The van der Waals surface area contributed by atoms with Gasteiger partial charge in [-0.15, -0.1) is 11.8 Å². The van der Waals surface area contributed by atoms with Crippen molar-refractivity contribution < 1.29 is 14.9 Å². The number of para-hydroxylation sites is 1. The van der Waals surface area contributed by atoms with Gasteiger partial charge in [0.15, 0.2) is 0 Å². The molecule has 4 nitrogen and oxygen atoms in total. The average molecular weight is 398 g/mol. The number of hydrogen-bond donors (Lipinski definition) is 3. The van der Waals surface area contributed by atoms with E-state index in [-0.39, 0.29) is 23.9 Å². The quantitative estimate of drug-likeness (QED) is 0.338. The lowest BCUT2D eigenvalue weighted by Crippen LogP contribution is -2.19. The van der Waals surface area contributed by atoms with Gasteiger partial charge in [-0.05, 0) is 44.2 Å². The van der Waals surface area contributed by atoms with E-state index in [9.17, 15) is 10.2 Å². The molecule has 3 rings (SSSR count). The molecule has 4 heteroatoms. The molecule has 1 saturated carbocycles. The molecule has 6 atom stereocenters. The van der Waals surface area contributed by atoms with E-state index in [0.29, 0.717) is 12.8 Å². The molecule has 1 heterocycles. The van der Waals surface area contributed by atoms with Gasteiger partial charge in [0.1, 0.15) is 11.9 Å². The van der Waals surface area contributed by atoms with Crippen LogP contribution in [0.3, 0.4) is 0 Å². The number of benzene rings is 1. The van der Waals surface area contributed by atoms with Gasteiger partial charge < -0.3 is 20.7 Å². The summed E-state index contributed by atoms with van der Waals surface area (Å²) >= 11 is 0. The van der Waals surface area contributed by atoms with Crippen LogP contribution in [0.15, 0.2) is 30.4 Å². The van der Waals surface area contributed by atoms with Gasteiger partial charge >= 0.3 is 0 Å². The smallest absolute Gasteiger partial charge is 0.126 e. The van der Waals surface area contributed by atoms with E-state index < -0.39 is 12.2 Å². The number of unbranched alkanes of at least 4 members (excludes halogenated alkanes) is 2. The van der Waals surface area contributed by atoms with Crippen molar-refractivity contribution in [1.29, 1.82) is 0 Å². The van der Waals surface area contributed by atoms with Crippen LogP contribution in [0.2, 0.25) is 0 Å². The zero-order chi connectivity index (χ0) is 20.8. The highest BCUT2D eigenvalue weighted by molar-refractivity contribution is 5.49. The largest absolute Gasteiger partial charge is 0.489 e. The third kappa shape index (κ3) is 5.04. The van der Waals surface area contributed by atoms with Crippen LogP contribution in [0.5, 0.6) is 5.75 Å². The number of aryl methyl sites for hydroxylation is 1. The fraction of sp³-hybridized carbons (Fsp3) is 0.600. The summed E-state index contributed by atoms with van der Waals surface area (Å²) < 4.78 is 6.33. The molecule has 1 aromatic rings. The molecule has 1 aliphatic carbocycles. The molecule has 0 amide bonds. The SMILES string of the molecule is CC#CC[C@H](C)[C@H](O)C=C[C@@H]1[C@H]2c3cccc(CCCCCN)c3O[C@H]2C[C@H]1O. The highest BCUT2D eigenvalue weighted by Gasteiger charge is 2.48. The van der Waals surface area contributed by atoms with Gasteiger partial charge in [0.25, 0.3) is 0 Å². The summed E-state index contributed by atoms with van der Waals surface area (Å²) in [6.07, 6.45) is 8.46. The number of hydrogen-bond acceptors (Lipinski definition) is 4. The normalized spacial score (nSPS) is 27.1. The van der Waals surface area contributed by atoms with Crippen LogP contribution >= 0.6 is 0 Å². The van der Waals surface area contributed by atoms with Gasteiger partial charge in [0, 0.05) is 30.2 Å². The Morgan fingerprint density at radius 3 is 2.90 bits per heavy atom. The van der Waals surface area contributed by atoms with Crippen molar-refractivity contribution in [3.05, 3.63) is 41.5 Å². The third-order valence-corrected chi connectivity index (χ3v) is 6.35. The minimum absolute atomic E-state index is 0.0142. The molecule has 0 unspecified atom stereocenters. The van der Waals surface area contributed by atoms with E-state index in [1.807, 2.05) is 26.0 Å². The van der Waals surface area contributed by atoms with Crippen molar-refractivity contribution in [2.75, 3.05) is 6.54 Å². The summed E-state index contributed by atoms with van der Waals surface area (Å²) in [6, 6.07) is 6.40. The number of aliphatic hydroxyl groups excluding tert-OH is 2. The third-order valence-electron chi connectivity index (χ3n) is 6.35. The van der Waals surface area contributed by atoms with Crippen LogP contribution in [0.1, 0.15) is 63.0 Å². The second-order valence-corrected chi connectivity index (χ2v) is 8.48. The molecule has 4 N–H and O–H groups in total. The van der Waals surface area contributed by atoms with Crippen LogP contribution < -0.4 is 10.5 Å². The van der Waals surface area contributed by atoms with Crippen LogP contribution in [0.4, 0.5) is 0 Å². The van der Waals surface area contributed by atoms with Crippen LogP contribution in [-0.2, 0) is 6.42 Å². The summed E-state index contributed by atoms with van der Waals surface area (Å²) in [6.45, 7) is 4.56. The van der Waals surface area contributed by atoms with E-state index in [0.717, 1.165) is 38.0 Å². The lowest BCUT2D eigenvalue weighted by molar-refractivity contribution is 0.134. The fourth-order valence-electron chi connectivity index (χ4n) is 4.62. The topological polar surface area (TPSA) is 75.7 Å². The lowest BCUT2D eigenvalue weighted by Gasteiger charge is -2.19. The monoisotopic (exact) mass is 397 g/mol. The summed E-state index contributed by atoms with van der Waals surface area (Å²) in [7, 11) is 0. The Hall–Kier alpha value is -1.80. The molecule has 2 aliphatic rings. The van der Waals surface area contributed by atoms with Crippen molar-refractivity contribution in [3.63, 3.8) is 0 Å². The first-order valence-corrected chi connectivity index (χ1v) is 11.0. The number of aliphatic hydroxyl groups is 2. The summed E-state index contributed by atoms with van der Waals surface area (Å²) in [5.74, 6) is 7.11. The molecule has 1 fully saturated rings. The Balaban J connectivity index is 1.72. The van der Waals surface area contributed by atoms with E-state index >= 15 is 0 Å². The zero-order valence-electron chi connectivity index (χ0n) is 17.7. The zero-order valence-corrected chi connectivity index (χ0v) is 17.7.